The number of piperazine rings is 1. The molecule has 7 heteroatoms. The summed E-state index contributed by atoms with van der Waals surface area (Å²) in [6.45, 7) is 2.64. The van der Waals surface area contributed by atoms with E-state index in [0.717, 1.165) is 11.3 Å². The molecular formula is C19H21FN4O2. The summed E-state index contributed by atoms with van der Waals surface area (Å²) >= 11 is 0. The van der Waals surface area contributed by atoms with E-state index < -0.39 is 18.0 Å². The van der Waals surface area contributed by atoms with Gasteiger partial charge in [0.05, 0.1) is 0 Å². The van der Waals surface area contributed by atoms with Crippen molar-refractivity contribution in [1.29, 1.82) is 0 Å². The zero-order valence-electron chi connectivity index (χ0n) is 14.3. The van der Waals surface area contributed by atoms with Gasteiger partial charge < -0.3 is 10.6 Å². The van der Waals surface area contributed by atoms with Crippen molar-refractivity contribution >= 4 is 17.6 Å². The summed E-state index contributed by atoms with van der Waals surface area (Å²) in [6, 6.07) is 14.2. The van der Waals surface area contributed by atoms with Crippen molar-refractivity contribution < 1.29 is 14.0 Å². The molecule has 3 rings (SSSR count). The lowest BCUT2D eigenvalue weighted by Crippen LogP contribution is -2.52. The third-order valence-electron chi connectivity index (χ3n) is 4.48. The number of nitrogens with two attached hydrogens (primary N) is 1. The molecule has 136 valence electrons. The molecule has 1 atom stereocenters. The lowest BCUT2D eigenvalue weighted by molar-refractivity contribution is -0.125. The third-order valence-corrected chi connectivity index (χ3v) is 4.48. The molecule has 1 heterocycles. The van der Waals surface area contributed by atoms with Crippen LogP contribution in [0.1, 0.15) is 11.6 Å². The number of anilines is 1. The van der Waals surface area contributed by atoms with Gasteiger partial charge in [0.15, 0.2) is 0 Å². The van der Waals surface area contributed by atoms with Crippen LogP contribution in [0.25, 0.3) is 0 Å². The Hall–Kier alpha value is -2.93. The van der Waals surface area contributed by atoms with E-state index in [2.05, 4.69) is 10.2 Å². The fourth-order valence-corrected chi connectivity index (χ4v) is 3.24. The van der Waals surface area contributed by atoms with Gasteiger partial charge in [0.1, 0.15) is 11.9 Å². The third kappa shape index (κ3) is 4.18. The van der Waals surface area contributed by atoms with Gasteiger partial charge in [0.2, 0.25) is 5.91 Å². The van der Waals surface area contributed by atoms with Crippen LogP contribution < -0.4 is 16.0 Å². The Morgan fingerprint density at radius 2 is 1.58 bits per heavy atom. The largest absolute Gasteiger partial charge is 0.369 e. The van der Waals surface area contributed by atoms with E-state index in [-0.39, 0.29) is 5.82 Å². The maximum atomic E-state index is 13.1. The minimum Gasteiger partial charge on any atom is -0.369 e. The van der Waals surface area contributed by atoms with Crippen LogP contribution in [0.3, 0.4) is 0 Å². The first kappa shape index (κ1) is 17.9. The molecule has 2 aromatic rings. The number of carbonyl (C=O) groups is 2. The van der Waals surface area contributed by atoms with Crippen molar-refractivity contribution in [3.05, 3.63) is 66.0 Å². The molecule has 2 aromatic carbocycles. The van der Waals surface area contributed by atoms with Gasteiger partial charge in [-0.05, 0) is 29.8 Å². The first-order valence-electron chi connectivity index (χ1n) is 8.44. The normalized spacial score (nSPS) is 16.1. The van der Waals surface area contributed by atoms with Gasteiger partial charge in [-0.2, -0.15) is 0 Å². The molecule has 3 amide bonds. The van der Waals surface area contributed by atoms with Crippen LogP contribution >= 0.6 is 0 Å². The summed E-state index contributed by atoms with van der Waals surface area (Å²) in [5.74, 6) is -0.696. The average molecular weight is 356 g/mol. The van der Waals surface area contributed by atoms with Crippen LogP contribution in [0.2, 0.25) is 0 Å². The summed E-state index contributed by atoms with van der Waals surface area (Å²) in [5, 5.41) is 2.19. The Labute approximate surface area is 151 Å². The molecule has 0 unspecified atom stereocenters. The van der Waals surface area contributed by atoms with Gasteiger partial charge in [0, 0.05) is 31.9 Å². The summed E-state index contributed by atoms with van der Waals surface area (Å²) < 4.78 is 13.1. The summed E-state index contributed by atoms with van der Waals surface area (Å²) in [5.41, 5.74) is 6.88. The topological polar surface area (TPSA) is 78.7 Å². The molecule has 0 saturated carbocycles. The predicted molar refractivity (Wildman–Crippen MR) is 97.1 cm³/mol. The Bertz CT molecular complexity index is 759. The van der Waals surface area contributed by atoms with E-state index in [1.807, 2.05) is 35.2 Å². The van der Waals surface area contributed by atoms with Gasteiger partial charge in [-0.25, -0.2) is 9.18 Å². The van der Waals surface area contributed by atoms with Crippen LogP contribution in [0, 0.1) is 5.82 Å². The number of rotatable bonds is 4. The number of primary amides is 1. The second-order valence-electron chi connectivity index (χ2n) is 6.17. The first-order valence-corrected chi connectivity index (χ1v) is 8.44. The lowest BCUT2D eigenvalue weighted by Gasteiger charge is -2.39. The standard InChI is InChI=1S/C19H21FN4O2/c20-15-6-8-16(9-7-15)23-10-12-24(13-11-23)17(18(25)22-19(21)26)14-4-2-1-3-5-14/h1-9,17H,10-13H2,(H3,21,22,25,26)/t17-/m1/s1. The second kappa shape index (κ2) is 7.97. The lowest BCUT2D eigenvalue weighted by atomic mass is 10.0. The molecule has 0 bridgehead atoms. The van der Waals surface area contributed by atoms with Crippen LogP contribution in [-0.4, -0.2) is 43.0 Å². The molecule has 3 N–H and O–H groups in total. The summed E-state index contributed by atoms with van der Waals surface area (Å²) in [4.78, 5) is 27.8. The maximum Gasteiger partial charge on any atom is 0.318 e. The number of urea groups is 1. The monoisotopic (exact) mass is 356 g/mol. The van der Waals surface area contributed by atoms with Crippen molar-refractivity contribution in [1.82, 2.24) is 10.2 Å². The van der Waals surface area contributed by atoms with Crippen LogP contribution in [0.4, 0.5) is 14.9 Å². The Morgan fingerprint density at radius 1 is 0.962 bits per heavy atom. The van der Waals surface area contributed by atoms with Crippen molar-refractivity contribution in [2.45, 2.75) is 6.04 Å². The number of hydrogen-bond donors (Lipinski definition) is 2. The van der Waals surface area contributed by atoms with E-state index in [1.54, 1.807) is 12.1 Å². The van der Waals surface area contributed by atoms with E-state index in [9.17, 15) is 14.0 Å². The second-order valence-corrected chi connectivity index (χ2v) is 6.17. The molecule has 0 radical (unpaired) electrons. The van der Waals surface area contributed by atoms with E-state index in [0.29, 0.717) is 26.2 Å². The fraction of sp³-hybridized carbons (Fsp3) is 0.263. The zero-order valence-corrected chi connectivity index (χ0v) is 14.3. The van der Waals surface area contributed by atoms with Gasteiger partial charge in [-0.1, -0.05) is 30.3 Å². The van der Waals surface area contributed by atoms with Crippen molar-refractivity contribution in [3.63, 3.8) is 0 Å². The van der Waals surface area contributed by atoms with Crippen molar-refractivity contribution in [2.75, 3.05) is 31.1 Å². The van der Waals surface area contributed by atoms with E-state index >= 15 is 0 Å². The summed E-state index contributed by atoms with van der Waals surface area (Å²) in [7, 11) is 0. The van der Waals surface area contributed by atoms with Crippen molar-refractivity contribution in [2.24, 2.45) is 5.73 Å². The van der Waals surface area contributed by atoms with Gasteiger partial charge in [-0.3, -0.25) is 15.0 Å². The fourth-order valence-electron chi connectivity index (χ4n) is 3.24. The molecule has 1 aliphatic heterocycles. The number of amides is 3. The highest BCUT2D eigenvalue weighted by Gasteiger charge is 2.31. The number of nitrogens with zero attached hydrogens (tertiary/aromatic N) is 2. The van der Waals surface area contributed by atoms with Crippen LogP contribution in [-0.2, 0) is 4.79 Å². The number of nitrogens with one attached hydrogen (secondary N) is 1. The Balaban J connectivity index is 1.73. The molecule has 0 spiro atoms. The van der Waals surface area contributed by atoms with Crippen molar-refractivity contribution in [3.8, 4) is 0 Å². The number of imide groups is 1. The number of hydrogen-bond acceptors (Lipinski definition) is 4. The molecule has 6 nitrogen and oxygen atoms in total. The molecule has 1 aliphatic rings. The van der Waals surface area contributed by atoms with E-state index in [1.165, 1.54) is 12.1 Å². The Kier molecular flexibility index (Phi) is 5.48. The first-order chi connectivity index (χ1) is 12.5. The zero-order chi connectivity index (χ0) is 18.5. The van der Waals surface area contributed by atoms with Gasteiger partial charge in [-0.15, -0.1) is 0 Å². The molecular weight excluding hydrogens is 335 g/mol. The quantitative estimate of drug-likeness (QED) is 0.877. The van der Waals surface area contributed by atoms with Crippen LogP contribution in [0.5, 0.6) is 0 Å². The number of carbonyl (C=O) groups excluding carboxylic acids is 2. The van der Waals surface area contributed by atoms with E-state index in [4.69, 9.17) is 5.73 Å². The maximum absolute atomic E-state index is 13.1. The van der Waals surface area contributed by atoms with Crippen LogP contribution in [0.15, 0.2) is 54.6 Å². The molecule has 0 aromatic heterocycles. The van der Waals surface area contributed by atoms with Gasteiger partial charge in [0.25, 0.3) is 0 Å². The number of halogens is 1. The highest BCUT2D eigenvalue weighted by Crippen LogP contribution is 2.24. The minimum atomic E-state index is -0.860. The molecule has 1 fully saturated rings. The summed E-state index contributed by atoms with van der Waals surface area (Å²) in [6.07, 6.45) is 0. The minimum absolute atomic E-state index is 0.264. The Morgan fingerprint density at radius 3 is 2.15 bits per heavy atom. The predicted octanol–water partition coefficient (Wildman–Crippen LogP) is 1.88. The van der Waals surface area contributed by atoms with Gasteiger partial charge >= 0.3 is 6.03 Å². The highest BCUT2D eigenvalue weighted by atomic mass is 19.1. The smallest absolute Gasteiger partial charge is 0.318 e. The molecule has 0 aliphatic carbocycles. The SMILES string of the molecule is NC(=O)NC(=O)[C@@H](c1ccccc1)N1CCN(c2ccc(F)cc2)CC1. The number of benzene rings is 2. The molecule has 26 heavy (non-hydrogen) atoms. The highest BCUT2D eigenvalue weighted by molar-refractivity contribution is 5.96. The molecule has 1 saturated heterocycles. The average Bonchev–Trinajstić information content (AvgIpc) is 2.63.